The number of carboxylic acids is 1. The molecule has 0 bridgehead atoms. The van der Waals surface area contributed by atoms with E-state index in [1.54, 1.807) is 0 Å². The summed E-state index contributed by atoms with van der Waals surface area (Å²) < 4.78 is 0. The minimum Gasteiger partial charge on any atom is -0.481 e. The van der Waals surface area contributed by atoms with E-state index in [1.807, 2.05) is 0 Å². The molecule has 1 amide bonds. The Morgan fingerprint density at radius 2 is 1.94 bits per heavy atom. The average Bonchev–Trinajstić information content (AvgIpc) is 2.74. The van der Waals surface area contributed by atoms with Gasteiger partial charge in [0.25, 0.3) is 0 Å². The van der Waals surface area contributed by atoms with Gasteiger partial charge in [-0.25, -0.2) is 0 Å². The first-order chi connectivity index (χ1) is 8.59. The molecule has 18 heavy (non-hydrogen) atoms. The summed E-state index contributed by atoms with van der Waals surface area (Å²) in [6.07, 6.45) is 3.63. The van der Waals surface area contributed by atoms with Crippen LogP contribution in [0.3, 0.4) is 0 Å². The summed E-state index contributed by atoms with van der Waals surface area (Å²) in [5, 5.41) is 23.5. The Hall–Kier alpha value is -1.14. The largest absolute Gasteiger partial charge is 0.481 e. The van der Waals surface area contributed by atoms with Crippen molar-refractivity contribution < 1.29 is 19.8 Å². The predicted molar refractivity (Wildman–Crippen MR) is 66.1 cm³/mol. The molecule has 4 N–H and O–H groups in total. The average molecular weight is 258 g/mol. The van der Waals surface area contributed by atoms with Gasteiger partial charge in [-0.05, 0) is 19.3 Å². The Morgan fingerprint density at radius 3 is 2.56 bits per heavy atom. The van der Waals surface area contributed by atoms with Crippen LogP contribution >= 0.6 is 0 Å². The molecule has 1 aliphatic heterocycles. The number of unbranched alkanes of at least 4 members (excludes halogenated alkanes) is 3. The van der Waals surface area contributed by atoms with Crippen LogP contribution in [0.15, 0.2) is 0 Å². The van der Waals surface area contributed by atoms with E-state index in [2.05, 4.69) is 10.6 Å². The summed E-state index contributed by atoms with van der Waals surface area (Å²) in [4.78, 5) is 21.9. The molecule has 1 heterocycles. The molecule has 6 heteroatoms. The molecule has 2 unspecified atom stereocenters. The first-order valence-corrected chi connectivity index (χ1v) is 6.50. The van der Waals surface area contributed by atoms with Gasteiger partial charge in [-0.3, -0.25) is 9.59 Å². The van der Waals surface area contributed by atoms with E-state index in [4.69, 9.17) is 5.11 Å². The molecule has 0 aromatic rings. The highest BCUT2D eigenvalue weighted by atomic mass is 16.4. The maximum absolute atomic E-state index is 11.6. The lowest BCUT2D eigenvalue weighted by Gasteiger charge is -2.10. The van der Waals surface area contributed by atoms with Crippen molar-refractivity contribution in [3.8, 4) is 0 Å². The van der Waals surface area contributed by atoms with E-state index in [9.17, 15) is 14.7 Å². The molecule has 6 nitrogen and oxygen atoms in total. The van der Waals surface area contributed by atoms with Gasteiger partial charge in [0.05, 0.1) is 12.1 Å². The molecular formula is C12H22N2O4. The van der Waals surface area contributed by atoms with Crippen molar-refractivity contribution in [1.29, 1.82) is 0 Å². The van der Waals surface area contributed by atoms with Gasteiger partial charge < -0.3 is 20.8 Å². The Labute approximate surface area is 107 Å². The number of aliphatic hydroxyl groups is 1. The molecule has 0 spiro atoms. The smallest absolute Gasteiger partial charge is 0.303 e. The number of aliphatic hydroxyl groups excluding tert-OH is 1. The zero-order chi connectivity index (χ0) is 13.4. The number of aliphatic carboxylic acids is 1. The van der Waals surface area contributed by atoms with Gasteiger partial charge in [0, 0.05) is 19.5 Å². The van der Waals surface area contributed by atoms with E-state index in [-0.39, 0.29) is 18.4 Å². The van der Waals surface area contributed by atoms with Crippen LogP contribution in [0.25, 0.3) is 0 Å². The molecule has 0 aromatic heterocycles. The fourth-order valence-corrected chi connectivity index (χ4v) is 2.01. The Bertz CT molecular complexity index is 283. The summed E-state index contributed by atoms with van der Waals surface area (Å²) in [5.41, 5.74) is 0. The quantitative estimate of drug-likeness (QED) is 0.454. The van der Waals surface area contributed by atoms with Crippen LogP contribution in [0.1, 0.15) is 38.5 Å². The highest BCUT2D eigenvalue weighted by Gasteiger charge is 2.27. The van der Waals surface area contributed by atoms with Crippen molar-refractivity contribution in [3.63, 3.8) is 0 Å². The third kappa shape index (κ3) is 5.97. The maximum atomic E-state index is 11.6. The number of amides is 1. The van der Waals surface area contributed by atoms with E-state index in [0.29, 0.717) is 25.9 Å². The Morgan fingerprint density at radius 1 is 1.22 bits per heavy atom. The lowest BCUT2D eigenvalue weighted by Crippen LogP contribution is -2.40. The third-order valence-electron chi connectivity index (χ3n) is 3.04. The maximum Gasteiger partial charge on any atom is 0.303 e. The highest BCUT2D eigenvalue weighted by Crippen LogP contribution is 2.06. The second-order valence-electron chi connectivity index (χ2n) is 4.70. The van der Waals surface area contributed by atoms with Crippen LogP contribution in [0.5, 0.6) is 0 Å². The summed E-state index contributed by atoms with van der Waals surface area (Å²) in [7, 11) is 0. The fourth-order valence-electron chi connectivity index (χ4n) is 2.01. The van der Waals surface area contributed by atoms with E-state index >= 15 is 0 Å². The summed E-state index contributed by atoms with van der Waals surface area (Å²) in [5.74, 6) is -0.814. The SMILES string of the molecule is O=C(O)CCCCCCNC(=O)C1CC(O)CN1. The van der Waals surface area contributed by atoms with Crippen molar-refractivity contribution >= 4 is 11.9 Å². The number of carboxylic acid groups (broad SMARTS) is 1. The Balaban J connectivity index is 1.94. The molecule has 2 atom stereocenters. The molecule has 0 radical (unpaired) electrons. The lowest BCUT2D eigenvalue weighted by atomic mass is 10.1. The van der Waals surface area contributed by atoms with E-state index in [1.165, 1.54) is 0 Å². The normalized spacial score (nSPS) is 22.9. The molecule has 1 rings (SSSR count). The van der Waals surface area contributed by atoms with Crippen molar-refractivity contribution in [2.24, 2.45) is 0 Å². The number of carbonyl (C=O) groups is 2. The summed E-state index contributed by atoms with van der Waals surface area (Å²) in [6.45, 7) is 1.09. The number of rotatable bonds is 8. The molecule has 0 saturated carbocycles. The van der Waals surface area contributed by atoms with Crippen molar-refractivity contribution in [1.82, 2.24) is 10.6 Å². The zero-order valence-electron chi connectivity index (χ0n) is 10.5. The lowest BCUT2D eigenvalue weighted by molar-refractivity contribution is -0.137. The summed E-state index contributed by atoms with van der Waals surface area (Å²) in [6, 6.07) is -0.271. The predicted octanol–water partition coefficient (Wildman–Crippen LogP) is -0.139. The number of carbonyl (C=O) groups excluding carboxylic acids is 1. The van der Waals surface area contributed by atoms with Crippen LogP contribution < -0.4 is 10.6 Å². The van der Waals surface area contributed by atoms with Gasteiger partial charge >= 0.3 is 5.97 Å². The number of nitrogens with one attached hydrogen (secondary N) is 2. The van der Waals surface area contributed by atoms with Crippen LogP contribution in [0.2, 0.25) is 0 Å². The minimum atomic E-state index is -0.755. The molecule has 1 saturated heterocycles. The second kappa shape index (κ2) is 8.05. The van der Waals surface area contributed by atoms with Gasteiger partial charge in [0.15, 0.2) is 0 Å². The first kappa shape index (κ1) is 14.9. The second-order valence-corrected chi connectivity index (χ2v) is 4.70. The molecule has 1 fully saturated rings. The van der Waals surface area contributed by atoms with Crippen LogP contribution in [-0.4, -0.2) is 47.3 Å². The fraction of sp³-hybridized carbons (Fsp3) is 0.833. The van der Waals surface area contributed by atoms with Crippen LogP contribution in [0, 0.1) is 0 Å². The van der Waals surface area contributed by atoms with Crippen molar-refractivity contribution in [2.75, 3.05) is 13.1 Å². The molecule has 0 aliphatic carbocycles. The van der Waals surface area contributed by atoms with Gasteiger partial charge in [-0.15, -0.1) is 0 Å². The monoisotopic (exact) mass is 258 g/mol. The number of hydrogen-bond acceptors (Lipinski definition) is 4. The topological polar surface area (TPSA) is 98.7 Å². The van der Waals surface area contributed by atoms with Gasteiger partial charge in [-0.1, -0.05) is 12.8 Å². The van der Waals surface area contributed by atoms with Gasteiger partial charge in [-0.2, -0.15) is 0 Å². The summed E-state index contributed by atoms with van der Waals surface area (Å²) >= 11 is 0. The standard InChI is InChI=1S/C12H22N2O4/c15-9-7-10(14-8-9)12(18)13-6-4-2-1-3-5-11(16)17/h9-10,14-15H,1-8H2,(H,13,18)(H,16,17). The zero-order valence-corrected chi connectivity index (χ0v) is 10.5. The van der Waals surface area contributed by atoms with Crippen LogP contribution in [0.4, 0.5) is 0 Å². The number of hydrogen-bond donors (Lipinski definition) is 4. The van der Waals surface area contributed by atoms with Crippen molar-refractivity contribution in [2.45, 2.75) is 50.7 Å². The van der Waals surface area contributed by atoms with Gasteiger partial charge in [0.2, 0.25) is 5.91 Å². The minimum absolute atomic E-state index is 0.0583. The molecular weight excluding hydrogens is 236 g/mol. The number of β-amino-alcohol motifs (C(OH)–C–C–N with tert-alkyl or cyclic N) is 1. The molecule has 0 aromatic carbocycles. The highest BCUT2D eigenvalue weighted by molar-refractivity contribution is 5.82. The van der Waals surface area contributed by atoms with E-state index in [0.717, 1.165) is 19.3 Å². The van der Waals surface area contributed by atoms with Crippen LogP contribution in [-0.2, 0) is 9.59 Å². The third-order valence-corrected chi connectivity index (χ3v) is 3.04. The molecule has 1 aliphatic rings. The van der Waals surface area contributed by atoms with Gasteiger partial charge in [0.1, 0.15) is 0 Å². The molecule has 104 valence electrons. The Kier molecular flexibility index (Phi) is 6.67. The van der Waals surface area contributed by atoms with E-state index < -0.39 is 12.1 Å². The first-order valence-electron chi connectivity index (χ1n) is 6.50. The van der Waals surface area contributed by atoms with Crippen molar-refractivity contribution in [3.05, 3.63) is 0 Å².